The number of pyridine rings is 1. The summed E-state index contributed by atoms with van der Waals surface area (Å²) in [4.78, 5) is 4.67. The van der Waals surface area contributed by atoms with Gasteiger partial charge in [-0.2, -0.15) is 0 Å². The van der Waals surface area contributed by atoms with E-state index in [0.717, 1.165) is 12.7 Å². The minimum atomic E-state index is 0.340. The third-order valence-electron chi connectivity index (χ3n) is 4.39. The van der Waals surface area contributed by atoms with E-state index in [1.165, 1.54) is 16.7 Å². The quantitative estimate of drug-likeness (QED) is 0.608. The Hall–Kier alpha value is -2.35. The van der Waals surface area contributed by atoms with Crippen molar-refractivity contribution in [2.75, 3.05) is 0 Å². The van der Waals surface area contributed by atoms with Gasteiger partial charge in [-0.25, -0.2) is 0 Å². The summed E-state index contributed by atoms with van der Waals surface area (Å²) in [5.41, 5.74) is 3.91. The summed E-state index contributed by atoms with van der Waals surface area (Å²) in [6.45, 7) is 2.65. The third-order valence-corrected chi connectivity index (χ3v) is 4.39. The zero-order valence-electron chi connectivity index (χ0n) is 13.6. The van der Waals surface area contributed by atoms with Crippen molar-refractivity contribution in [3.05, 3.63) is 96.2 Å². The zero-order valence-corrected chi connectivity index (χ0v) is 13.6. The molecule has 0 unspecified atom stereocenters. The van der Waals surface area contributed by atoms with Gasteiger partial charge in [-0.3, -0.25) is 4.98 Å². The van der Waals surface area contributed by atoms with Crippen molar-refractivity contribution in [1.82, 2.24) is 4.98 Å². The van der Waals surface area contributed by atoms with Crippen LogP contribution >= 0.6 is 0 Å². The number of hydrogen-bond donors (Lipinski definition) is 0. The Morgan fingerprint density at radius 2 is 1.35 bits per heavy atom. The van der Waals surface area contributed by atoms with Gasteiger partial charge in [-0.05, 0) is 29.1 Å². The van der Waals surface area contributed by atoms with Crippen LogP contribution in [0.5, 0.6) is 0 Å². The molecule has 0 fully saturated rings. The highest BCUT2D eigenvalue weighted by Gasteiger charge is 2.30. The fourth-order valence-corrected chi connectivity index (χ4v) is 3.37. The average Bonchev–Trinajstić information content (AvgIpc) is 2.64. The standard InChI is InChI=1S/C21H22BN/c1-2-16-22(20-15-9-10-17-23-20)21(18-11-5-3-6-12-18)19-13-7-4-8-14-19/h3-15,17,21H,2,16H2,1H3. The largest absolute Gasteiger partial charge is 0.271 e. The van der Waals surface area contributed by atoms with Gasteiger partial charge in [-0.1, -0.05) is 86.4 Å². The van der Waals surface area contributed by atoms with Crippen LogP contribution < -0.4 is 5.59 Å². The molecule has 2 heteroatoms. The van der Waals surface area contributed by atoms with E-state index >= 15 is 0 Å². The lowest BCUT2D eigenvalue weighted by molar-refractivity contribution is 1.01. The molecule has 0 spiro atoms. The number of aromatic nitrogens is 1. The van der Waals surface area contributed by atoms with E-state index < -0.39 is 0 Å². The second-order valence-corrected chi connectivity index (χ2v) is 5.95. The van der Waals surface area contributed by atoms with Gasteiger partial charge in [0, 0.05) is 11.8 Å². The summed E-state index contributed by atoms with van der Waals surface area (Å²) in [7, 11) is 0. The molecule has 1 aromatic heterocycles. The predicted molar refractivity (Wildman–Crippen MR) is 99.5 cm³/mol. The van der Waals surface area contributed by atoms with Gasteiger partial charge < -0.3 is 0 Å². The summed E-state index contributed by atoms with van der Waals surface area (Å²) in [5, 5.41) is 0. The third kappa shape index (κ3) is 3.71. The Morgan fingerprint density at radius 3 is 1.83 bits per heavy atom. The van der Waals surface area contributed by atoms with Crippen LogP contribution in [0.1, 0.15) is 30.3 Å². The Balaban J connectivity index is 2.09. The summed E-state index contributed by atoms with van der Waals surface area (Å²) in [6, 6.07) is 27.9. The first-order chi connectivity index (χ1) is 11.4. The molecule has 0 N–H and O–H groups in total. The van der Waals surface area contributed by atoms with Gasteiger partial charge in [0.15, 0.2) is 0 Å². The highest BCUT2D eigenvalue weighted by atomic mass is 14.6. The molecule has 0 saturated carbocycles. The number of benzene rings is 2. The van der Waals surface area contributed by atoms with Crippen LogP contribution in [0.15, 0.2) is 85.1 Å². The lowest BCUT2D eigenvalue weighted by atomic mass is 9.34. The van der Waals surface area contributed by atoms with Crippen LogP contribution in [0, 0.1) is 0 Å². The molecule has 23 heavy (non-hydrogen) atoms. The number of nitrogens with zero attached hydrogens (tertiary/aromatic N) is 1. The van der Waals surface area contributed by atoms with Crippen molar-refractivity contribution in [3.8, 4) is 0 Å². The lowest BCUT2D eigenvalue weighted by Gasteiger charge is -2.25. The van der Waals surface area contributed by atoms with Crippen LogP contribution in [0.25, 0.3) is 0 Å². The summed E-state index contributed by atoms with van der Waals surface area (Å²) in [5.74, 6) is 0.340. The van der Waals surface area contributed by atoms with Gasteiger partial charge in [-0.15, -0.1) is 0 Å². The van der Waals surface area contributed by atoms with Gasteiger partial charge in [0.2, 0.25) is 6.71 Å². The maximum absolute atomic E-state index is 4.67. The van der Waals surface area contributed by atoms with Crippen molar-refractivity contribution >= 4 is 12.3 Å². The SMILES string of the molecule is CCCB(c1ccccn1)C(c1ccccc1)c1ccccc1. The first-order valence-electron chi connectivity index (χ1n) is 8.41. The molecule has 0 amide bonds. The van der Waals surface area contributed by atoms with E-state index in [-0.39, 0.29) is 0 Å². The molecule has 0 radical (unpaired) electrons. The maximum atomic E-state index is 4.67. The predicted octanol–water partition coefficient (Wildman–Crippen LogP) is 4.56. The molecule has 0 aliphatic heterocycles. The van der Waals surface area contributed by atoms with E-state index in [0.29, 0.717) is 12.5 Å². The molecule has 0 saturated heterocycles. The van der Waals surface area contributed by atoms with E-state index in [9.17, 15) is 0 Å². The molecule has 0 atom stereocenters. The topological polar surface area (TPSA) is 12.9 Å². The Labute approximate surface area is 139 Å². The van der Waals surface area contributed by atoms with Gasteiger partial charge in [0.25, 0.3) is 0 Å². The van der Waals surface area contributed by atoms with Crippen LogP contribution in [-0.2, 0) is 0 Å². The number of hydrogen-bond acceptors (Lipinski definition) is 1. The van der Waals surface area contributed by atoms with Crippen molar-refractivity contribution in [1.29, 1.82) is 0 Å². The molecule has 0 aliphatic carbocycles. The van der Waals surface area contributed by atoms with E-state index in [4.69, 9.17) is 0 Å². The fourth-order valence-electron chi connectivity index (χ4n) is 3.37. The average molecular weight is 299 g/mol. The van der Waals surface area contributed by atoms with Crippen molar-refractivity contribution < 1.29 is 0 Å². The zero-order chi connectivity index (χ0) is 15.9. The van der Waals surface area contributed by atoms with Crippen LogP contribution in [0.2, 0.25) is 6.32 Å². The smallest absolute Gasteiger partial charge is 0.212 e. The van der Waals surface area contributed by atoms with Crippen molar-refractivity contribution in [2.45, 2.75) is 25.5 Å². The minimum absolute atomic E-state index is 0.340. The molecule has 114 valence electrons. The van der Waals surface area contributed by atoms with Crippen LogP contribution in [0.3, 0.4) is 0 Å². The Kier molecular flexibility index (Phi) is 5.26. The first-order valence-corrected chi connectivity index (χ1v) is 8.41. The van der Waals surface area contributed by atoms with E-state index in [1.54, 1.807) is 0 Å². The second-order valence-electron chi connectivity index (χ2n) is 5.95. The molecule has 1 heterocycles. The summed E-state index contributed by atoms with van der Waals surface area (Å²) >= 11 is 0. The molecular weight excluding hydrogens is 277 g/mol. The highest BCUT2D eigenvalue weighted by Crippen LogP contribution is 2.29. The molecule has 3 aromatic rings. The highest BCUT2D eigenvalue weighted by molar-refractivity contribution is 6.74. The Bertz CT molecular complexity index is 658. The maximum Gasteiger partial charge on any atom is 0.212 e. The van der Waals surface area contributed by atoms with Crippen LogP contribution in [0.4, 0.5) is 0 Å². The van der Waals surface area contributed by atoms with E-state index in [2.05, 4.69) is 84.7 Å². The van der Waals surface area contributed by atoms with Gasteiger partial charge in [0.05, 0.1) is 0 Å². The molecule has 3 rings (SSSR count). The monoisotopic (exact) mass is 299 g/mol. The molecule has 1 nitrogen and oxygen atoms in total. The van der Waals surface area contributed by atoms with E-state index in [1.807, 2.05) is 12.3 Å². The van der Waals surface area contributed by atoms with Gasteiger partial charge >= 0.3 is 0 Å². The molecule has 2 aromatic carbocycles. The normalized spacial score (nSPS) is 10.7. The van der Waals surface area contributed by atoms with Crippen molar-refractivity contribution in [2.24, 2.45) is 0 Å². The summed E-state index contributed by atoms with van der Waals surface area (Å²) < 4.78 is 0. The van der Waals surface area contributed by atoms with Gasteiger partial charge in [0.1, 0.15) is 0 Å². The molecular formula is C21H22BN. The lowest BCUT2D eigenvalue weighted by Crippen LogP contribution is -2.39. The first kappa shape index (κ1) is 15.5. The fraction of sp³-hybridized carbons (Fsp3) is 0.190. The molecule has 0 bridgehead atoms. The van der Waals surface area contributed by atoms with Crippen molar-refractivity contribution in [3.63, 3.8) is 0 Å². The number of rotatable bonds is 6. The van der Waals surface area contributed by atoms with Crippen LogP contribution in [-0.4, -0.2) is 11.7 Å². The Morgan fingerprint density at radius 1 is 0.783 bits per heavy atom. The minimum Gasteiger partial charge on any atom is -0.271 e. The molecule has 0 aliphatic rings. The summed E-state index contributed by atoms with van der Waals surface area (Å²) in [6.07, 6.45) is 4.19. The second kappa shape index (κ2) is 7.78.